The molecule has 3 heteroatoms. The number of fused-ring (bicyclic) bond motifs is 1. The third kappa shape index (κ3) is 1.75. The fraction of sp³-hybridized carbons (Fsp3) is 0.500. The van der Waals surface area contributed by atoms with Crippen molar-refractivity contribution in [3.05, 3.63) is 29.6 Å². The Bertz CT molecular complexity index is 538. The molecule has 90 valence electrons. The Balaban J connectivity index is 2.06. The fourth-order valence-corrected chi connectivity index (χ4v) is 2.61. The van der Waals surface area contributed by atoms with Crippen molar-refractivity contribution in [2.45, 2.75) is 31.6 Å². The number of hydrogen-bond donors (Lipinski definition) is 1. The first-order chi connectivity index (χ1) is 8.29. The third-order valence-corrected chi connectivity index (χ3v) is 3.88. The maximum Gasteiger partial charge on any atom is 0.112 e. The third-order valence-electron chi connectivity index (χ3n) is 3.88. The van der Waals surface area contributed by atoms with Gasteiger partial charge < -0.3 is 10.3 Å². The minimum Gasteiger partial charge on any atom is -0.331 e. The average molecular weight is 229 g/mol. The van der Waals surface area contributed by atoms with Gasteiger partial charge in [0.2, 0.25) is 0 Å². The molecule has 1 aliphatic rings. The van der Waals surface area contributed by atoms with Gasteiger partial charge in [-0.1, -0.05) is 12.5 Å². The zero-order valence-corrected chi connectivity index (χ0v) is 10.3. The number of hydrogen-bond acceptors (Lipinski definition) is 2. The minimum absolute atomic E-state index is 0.686. The number of imidazole rings is 1. The molecule has 1 saturated carbocycles. The Morgan fingerprint density at radius 3 is 2.88 bits per heavy atom. The predicted octanol–water partition coefficient (Wildman–Crippen LogP) is 2.34. The molecule has 1 aromatic heterocycles. The largest absolute Gasteiger partial charge is 0.331 e. The van der Waals surface area contributed by atoms with Crippen LogP contribution in [0.1, 0.15) is 36.6 Å². The van der Waals surface area contributed by atoms with Crippen LogP contribution in [-0.2, 0) is 13.5 Å². The first-order valence-electron chi connectivity index (χ1n) is 6.45. The maximum absolute atomic E-state index is 5.60. The van der Waals surface area contributed by atoms with E-state index in [1.165, 1.54) is 36.2 Å². The number of aromatic nitrogens is 2. The molecule has 2 aromatic rings. The fourth-order valence-electron chi connectivity index (χ4n) is 2.61. The van der Waals surface area contributed by atoms with Gasteiger partial charge in [-0.15, -0.1) is 0 Å². The SMILES string of the molecule is Cn1c(C2CCC2)nc2ccc(CCN)cc21. The molecule has 1 heterocycles. The quantitative estimate of drug-likeness (QED) is 0.878. The summed E-state index contributed by atoms with van der Waals surface area (Å²) >= 11 is 0. The lowest BCUT2D eigenvalue weighted by atomic mass is 9.85. The van der Waals surface area contributed by atoms with Gasteiger partial charge in [0.1, 0.15) is 5.82 Å². The summed E-state index contributed by atoms with van der Waals surface area (Å²) in [5, 5.41) is 0. The number of rotatable bonds is 3. The molecular weight excluding hydrogens is 210 g/mol. The Kier molecular flexibility index (Phi) is 2.63. The standard InChI is InChI=1S/C14H19N3/c1-17-13-9-10(7-8-15)5-6-12(13)16-14(17)11-3-2-4-11/h5-6,9,11H,2-4,7-8,15H2,1H3. The summed E-state index contributed by atoms with van der Waals surface area (Å²) in [5.41, 5.74) is 9.28. The topological polar surface area (TPSA) is 43.8 Å². The minimum atomic E-state index is 0.686. The van der Waals surface area contributed by atoms with Gasteiger partial charge in [0.15, 0.2) is 0 Å². The van der Waals surface area contributed by atoms with Crippen molar-refractivity contribution in [3.63, 3.8) is 0 Å². The first-order valence-corrected chi connectivity index (χ1v) is 6.45. The van der Waals surface area contributed by atoms with Crippen molar-refractivity contribution < 1.29 is 0 Å². The Morgan fingerprint density at radius 2 is 2.24 bits per heavy atom. The molecule has 0 unspecified atom stereocenters. The van der Waals surface area contributed by atoms with Crippen LogP contribution in [0, 0.1) is 0 Å². The van der Waals surface area contributed by atoms with Crippen molar-refractivity contribution in [3.8, 4) is 0 Å². The molecule has 0 saturated heterocycles. The van der Waals surface area contributed by atoms with Gasteiger partial charge in [0.25, 0.3) is 0 Å². The van der Waals surface area contributed by atoms with Crippen molar-refractivity contribution in [2.24, 2.45) is 12.8 Å². The molecule has 0 spiro atoms. The first kappa shape index (κ1) is 10.8. The molecule has 0 bridgehead atoms. The molecule has 0 radical (unpaired) electrons. The lowest BCUT2D eigenvalue weighted by Crippen LogP contribution is -2.13. The van der Waals surface area contributed by atoms with E-state index in [0.29, 0.717) is 12.5 Å². The van der Waals surface area contributed by atoms with Gasteiger partial charge in [-0.05, 0) is 43.5 Å². The molecule has 3 rings (SSSR count). The normalized spacial score (nSPS) is 16.4. The molecule has 1 fully saturated rings. The molecule has 1 aromatic carbocycles. The Labute approximate surface area is 102 Å². The number of benzene rings is 1. The monoisotopic (exact) mass is 229 g/mol. The van der Waals surface area contributed by atoms with E-state index in [1.54, 1.807) is 0 Å². The van der Waals surface area contributed by atoms with Gasteiger partial charge in [0.05, 0.1) is 11.0 Å². The number of nitrogens with zero attached hydrogens (tertiary/aromatic N) is 2. The zero-order chi connectivity index (χ0) is 11.8. The van der Waals surface area contributed by atoms with Crippen molar-refractivity contribution >= 4 is 11.0 Å². The zero-order valence-electron chi connectivity index (χ0n) is 10.3. The summed E-state index contributed by atoms with van der Waals surface area (Å²) in [4.78, 5) is 4.77. The van der Waals surface area contributed by atoms with E-state index in [2.05, 4.69) is 29.8 Å². The summed E-state index contributed by atoms with van der Waals surface area (Å²) in [6.45, 7) is 0.707. The van der Waals surface area contributed by atoms with Crippen molar-refractivity contribution in [1.29, 1.82) is 0 Å². The van der Waals surface area contributed by atoms with Crippen LogP contribution in [0.4, 0.5) is 0 Å². The number of nitrogens with two attached hydrogens (primary N) is 1. The molecule has 0 amide bonds. The van der Waals surface area contributed by atoms with Crippen LogP contribution in [0.25, 0.3) is 11.0 Å². The van der Waals surface area contributed by atoms with Gasteiger partial charge in [-0.25, -0.2) is 4.98 Å². The number of aryl methyl sites for hydroxylation is 1. The van der Waals surface area contributed by atoms with Gasteiger partial charge in [0, 0.05) is 13.0 Å². The second-order valence-electron chi connectivity index (χ2n) is 5.02. The van der Waals surface area contributed by atoms with Crippen LogP contribution in [0.2, 0.25) is 0 Å². The van der Waals surface area contributed by atoms with Crippen LogP contribution < -0.4 is 5.73 Å². The summed E-state index contributed by atoms with van der Waals surface area (Å²) in [6, 6.07) is 6.51. The maximum atomic E-state index is 5.60. The van der Waals surface area contributed by atoms with Crippen molar-refractivity contribution in [2.75, 3.05) is 6.54 Å². The molecule has 1 aliphatic carbocycles. The summed E-state index contributed by atoms with van der Waals surface area (Å²) < 4.78 is 2.26. The second kappa shape index (κ2) is 4.15. The summed E-state index contributed by atoms with van der Waals surface area (Å²) in [7, 11) is 2.13. The van der Waals surface area contributed by atoms with E-state index in [9.17, 15) is 0 Å². The van der Waals surface area contributed by atoms with Gasteiger partial charge in [-0.2, -0.15) is 0 Å². The van der Waals surface area contributed by atoms with E-state index < -0.39 is 0 Å². The van der Waals surface area contributed by atoms with Gasteiger partial charge in [-0.3, -0.25) is 0 Å². The van der Waals surface area contributed by atoms with E-state index in [1.807, 2.05) is 0 Å². The molecular formula is C14H19N3. The highest BCUT2D eigenvalue weighted by atomic mass is 15.1. The highest BCUT2D eigenvalue weighted by Gasteiger charge is 2.24. The Hall–Kier alpha value is -1.35. The lowest BCUT2D eigenvalue weighted by Gasteiger charge is -2.24. The average Bonchev–Trinajstić information content (AvgIpc) is 2.56. The summed E-state index contributed by atoms with van der Waals surface area (Å²) in [6.07, 6.45) is 4.89. The molecule has 0 aliphatic heterocycles. The molecule has 17 heavy (non-hydrogen) atoms. The molecule has 2 N–H and O–H groups in total. The molecule has 3 nitrogen and oxygen atoms in total. The van der Waals surface area contributed by atoms with E-state index in [4.69, 9.17) is 10.7 Å². The van der Waals surface area contributed by atoms with E-state index in [-0.39, 0.29) is 0 Å². The van der Waals surface area contributed by atoms with Gasteiger partial charge >= 0.3 is 0 Å². The predicted molar refractivity (Wildman–Crippen MR) is 70.1 cm³/mol. The lowest BCUT2D eigenvalue weighted by molar-refractivity contribution is 0.395. The highest BCUT2D eigenvalue weighted by Crippen LogP contribution is 2.36. The highest BCUT2D eigenvalue weighted by molar-refractivity contribution is 5.77. The second-order valence-corrected chi connectivity index (χ2v) is 5.02. The van der Waals surface area contributed by atoms with Crippen LogP contribution in [0.3, 0.4) is 0 Å². The Morgan fingerprint density at radius 1 is 1.41 bits per heavy atom. The van der Waals surface area contributed by atoms with E-state index in [0.717, 1.165) is 11.9 Å². The molecule has 0 atom stereocenters. The van der Waals surface area contributed by atoms with E-state index >= 15 is 0 Å². The van der Waals surface area contributed by atoms with Crippen LogP contribution in [0.5, 0.6) is 0 Å². The van der Waals surface area contributed by atoms with Crippen LogP contribution in [-0.4, -0.2) is 16.1 Å². The summed E-state index contributed by atoms with van der Waals surface area (Å²) in [5.74, 6) is 1.95. The van der Waals surface area contributed by atoms with Crippen molar-refractivity contribution in [1.82, 2.24) is 9.55 Å². The van der Waals surface area contributed by atoms with Crippen LogP contribution >= 0.6 is 0 Å². The smallest absolute Gasteiger partial charge is 0.112 e. The van der Waals surface area contributed by atoms with Crippen LogP contribution in [0.15, 0.2) is 18.2 Å².